The van der Waals surface area contributed by atoms with Crippen molar-refractivity contribution in [2.24, 2.45) is 0 Å². The van der Waals surface area contributed by atoms with Crippen LogP contribution in [0, 0.1) is 0 Å². The molecule has 0 saturated heterocycles. The number of aromatic amines is 1. The van der Waals surface area contributed by atoms with Crippen LogP contribution >= 0.6 is 0 Å². The number of fused-ring (bicyclic) bond motifs is 2. The van der Waals surface area contributed by atoms with Gasteiger partial charge in [-0.1, -0.05) is 6.07 Å². The molecule has 3 heterocycles. The van der Waals surface area contributed by atoms with Crippen molar-refractivity contribution in [2.45, 2.75) is 0 Å². The van der Waals surface area contributed by atoms with Crippen LogP contribution < -0.4 is 0 Å². The van der Waals surface area contributed by atoms with Crippen LogP contribution in [0.4, 0.5) is 0 Å². The monoisotopic (exact) mass is 246 g/mol. The molecule has 0 bridgehead atoms. The van der Waals surface area contributed by atoms with E-state index in [0.29, 0.717) is 0 Å². The van der Waals surface area contributed by atoms with E-state index in [0.717, 1.165) is 33.3 Å². The average molecular weight is 246 g/mol. The lowest BCUT2D eigenvalue weighted by Crippen LogP contribution is -1.82. The molecular formula is C15H10N4. The van der Waals surface area contributed by atoms with Crippen molar-refractivity contribution in [1.29, 1.82) is 0 Å². The SMILES string of the molecule is c1cnc2ccc(-c3nc4ccncc4[nH]3)cc2c1. The van der Waals surface area contributed by atoms with Crippen molar-refractivity contribution in [1.82, 2.24) is 19.9 Å². The van der Waals surface area contributed by atoms with Gasteiger partial charge in [0.15, 0.2) is 0 Å². The Balaban J connectivity index is 1.93. The van der Waals surface area contributed by atoms with E-state index in [9.17, 15) is 0 Å². The molecule has 1 aromatic carbocycles. The van der Waals surface area contributed by atoms with Gasteiger partial charge in [0.2, 0.25) is 0 Å². The first kappa shape index (κ1) is 10.2. The van der Waals surface area contributed by atoms with Crippen molar-refractivity contribution in [3.63, 3.8) is 0 Å². The normalized spacial score (nSPS) is 11.2. The summed E-state index contributed by atoms with van der Waals surface area (Å²) in [6.07, 6.45) is 5.33. The fourth-order valence-electron chi connectivity index (χ4n) is 2.22. The van der Waals surface area contributed by atoms with Gasteiger partial charge >= 0.3 is 0 Å². The number of aromatic nitrogens is 4. The Hall–Kier alpha value is -2.75. The van der Waals surface area contributed by atoms with Crippen molar-refractivity contribution >= 4 is 21.9 Å². The van der Waals surface area contributed by atoms with Gasteiger partial charge in [-0.05, 0) is 30.3 Å². The summed E-state index contributed by atoms with van der Waals surface area (Å²) < 4.78 is 0. The van der Waals surface area contributed by atoms with Gasteiger partial charge in [-0.25, -0.2) is 4.98 Å². The summed E-state index contributed by atoms with van der Waals surface area (Å²) in [5.74, 6) is 0.855. The van der Waals surface area contributed by atoms with E-state index in [1.807, 2.05) is 24.3 Å². The Kier molecular flexibility index (Phi) is 2.08. The van der Waals surface area contributed by atoms with E-state index in [-0.39, 0.29) is 0 Å². The van der Waals surface area contributed by atoms with Gasteiger partial charge in [-0.3, -0.25) is 9.97 Å². The first-order chi connectivity index (χ1) is 9.40. The summed E-state index contributed by atoms with van der Waals surface area (Å²) in [6, 6.07) is 12.0. The summed E-state index contributed by atoms with van der Waals surface area (Å²) in [5.41, 5.74) is 3.92. The highest BCUT2D eigenvalue weighted by atomic mass is 14.9. The van der Waals surface area contributed by atoms with Crippen molar-refractivity contribution in [3.05, 3.63) is 55.0 Å². The molecule has 0 aliphatic heterocycles. The number of nitrogens with zero attached hydrogens (tertiary/aromatic N) is 3. The molecule has 0 atom stereocenters. The Morgan fingerprint density at radius 1 is 0.947 bits per heavy atom. The number of benzene rings is 1. The Morgan fingerprint density at radius 2 is 1.95 bits per heavy atom. The summed E-state index contributed by atoms with van der Waals surface area (Å²) in [5, 5.41) is 1.11. The van der Waals surface area contributed by atoms with E-state index in [1.165, 1.54) is 0 Å². The number of pyridine rings is 2. The van der Waals surface area contributed by atoms with Gasteiger partial charge in [0, 0.05) is 23.3 Å². The Labute approximate surface area is 109 Å². The summed E-state index contributed by atoms with van der Waals surface area (Å²) >= 11 is 0. The van der Waals surface area contributed by atoms with Crippen LogP contribution in [0.5, 0.6) is 0 Å². The molecule has 1 N–H and O–H groups in total. The van der Waals surface area contributed by atoms with Crippen LogP contribution in [-0.4, -0.2) is 19.9 Å². The molecule has 4 rings (SSSR count). The summed E-state index contributed by atoms with van der Waals surface area (Å²) in [7, 11) is 0. The summed E-state index contributed by atoms with van der Waals surface area (Å²) in [4.78, 5) is 16.3. The maximum absolute atomic E-state index is 4.57. The second kappa shape index (κ2) is 3.88. The highest BCUT2D eigenvalue weighted by molar-refractivity contribution is 5.85. The number of nitrogens with one attached hydrogen (secondary N) is 1. The predicted molar refractivity (Wildman–Crippen MR) is 74.6 cm³/mol. The lowest BCUT2D eigenvalue weighted by molar-refractivity contribution is 1.33. The zero-order valence-electron chi connectivity index (χ0n) is 10.0. The molecule has 0 aliphatic carbocycles. The Morgan fingerprint density at radius 3 is 2.89 bits per heavy atom. The largest absolute Gasteiger partial charge is 0.337 e. The van der Waals surface area contributed by atoms with Crippen LogP contribution in [0.15, 0.2) is 55.0 Å². The van der Waals surface area contributed by atoms with Crippen LogP contribution in [-0.2, 0) is 0 Å². The number of rotatable bonds is 1. The minimum Gasteiger partial charge on any atom is -0.337 e. The second-order valence-corrected chi connectivity index (χ2v) is 4.39. The molecule has 0 aliphatic rings. The van der Waals surface area contributed by atoms with Crippen LogP contribution in [0.25, 0.3) is 33.3 Å². The first-order valence-electron chi connectivity index (χ1n) is 6.05. The predicted octanol–water partition coefficient (Wildman–Crippen LogP) is 3.17. The quantitative estimate of drug-likeness (QED) is 0.561. The van der Waals surface area contributed by atoms with Crippen molar-refractivity contribution < 1.29 is 0 Å². The molecule has 90 valence electrons. The van der Waals surface area contributed by atoms with Crippen LogP contribution in [0.1, 0.15) is 0 Å². The van der Waals surface area contributed by atoms with Gasteiger partial charge in [0.05, 0.1) is 22.7 Å². The number of hydrogen-bond donors (Lipinski definition) is 1. The molecule has 0 spiro atoms. The zero-order chi connectivity index (χ0) is 12.7. The van der Waals surface area contributed by atoms with E-state index in [4.69, 9.17) is 0 Å². The molecule has 3 aromatic heterocycles. The molecule has 0 fully saturated rings. The molecule has 19 heavy (non-hydrogen) atoms. The van der Waals surface area contributed by atoms with Crippen molar-refractivity contribution in [2.75, 3.05) is 0 Å². The molecule has 4 aromatic rings. The maximum Gasteiger partial charge on any atom is 0.138 e. The third-order valence-electron chi connectivity index (χ3n) is 3.16. The van der Waals surface area contributed by atoms with E-state index < -0.39 is 0 Å². The molecular weight excluding hydrogens is 236 g/mol. The highest BCUT2D eigenvalue weighted by Gasteiger charge is 2.05. The lowest BCUT2D eigenvalue weighted by Gasteiger charge is -1.99. The van der Waals surface area contributed by atoms with Gasteiger partial charge < -0.3 is 4.98 Å². The van der Waals surface area contributed by atoms with Crippen molar-refractivity contribution in [3.8, 4) is 11.4 Å². The second-order valence-electron chi connectivity index (χ2n) is 4.39. The average Bonchev–Trinajstić information content (AvgIpc) is 2.90. The smallest absolute Gasteiger partial charge is 0.138 e. The molecule has 4 nitrogen and oxygen atoms in total. The zero-order valence-corrected chi connectivity index (χ0v) is 10.0. The van der Waals surface area contributed by atoms with Gasteiger partial charge in [0.1, 0.15) is 5.82 Å². The van der Waals surface area contributed by atoms with E-state index >= 15 is 0 Å². The first-order valence-corrected chi connectivity index (χ1v) is 6.05. The van der Waals surface area contributed by atoms with Gasteiger partial charge in [-0.2, -0.15) is 0 Å². The van der Waals surface area contributed by atoms with E-state index in [2.05, 4.69) is 32.1 Å². The standard InChI is InChI=1S/C15H10N4/c1-2-10-8-11(3-4-12(10)17-6-1)15-18-13-5-7-16-9-14(13)19-15/h1-9H,(H,18,19). The van der Waals surface area contributed by atoms with E-state index in [1.54, 1.807) is 18.6 Å². The van der Waals surface area contributed by atoms with Gasteiger partial charge in [-0.15, -0.1) is 0 Å². The fourth-order valence-corrected chi connectivity index (χ4v) is 2.22. The number of hydrogen-bond acceptors (Lipinski definition) is 3. The highest BCUT2D eigenvalue weighted by Crippen LogP contribution is 2.23. The lowest BCUT2D eigenvalue weighted by atomic mass is 10.1. The molecule has 0 amide bonds. The molecule has 0 saturated carbocycles. The minimum atomic E-state index is 0.855. The third-order valence-corrected chi connectivity index (χ3v) is 3.16. The topological polar surface area (TPSA) is 54.5 Å². The minimum absolute atomic E-state index is 0.855. The Bertz CT molecular complexity index is 846. The number of imidazole rings is 1. The van der Waals surface area contributed by atoms with Crippen LogP contribution in [0.2, 0.25) is 0 Å². The maximum atomic E-state index is 4.57. The molecule has 0 radical (unpaired) electrons. The van der Waals surface area contributed by atoms with Crippen LogP contribution in [0.3, 0.4) is 0 Å². The third kappa shape index (κ3) is 1.65. The summed E-state index contributed by atoms with van der Waals surface area (Å²) in [6.45, 7) is 0. The molecule has 4 heteroatoms. The molecule has 0 unspecified atom stereocenters. The number of H-pyrrole nitrogens is 1. The fraction of sp³-hybridized carbons (Fsp3) is 0. The van der Waals surface area contributed by atoms with Gasteiger partial charge in [0.25, 0.3) is 0 Å².